The number of hydrogen-bond donors (Lipinski definition) is 0. The number of rotatable bonds is 14. The molecular weight excluding hydrogens is 632 g/mol. The van der Waals surface area contributed by atoms with Crippen LogP contribution in [0.25, 0.3) is 0 Å². The molecule has 0 aromatic heterocycles. The quantitative estimate of drug-likeness (QED) is 0.174. The van der Waals surface area contributed by atoms with Gasteiger partial charge in [0, 0.05) is 21.5 Å². The lowest BCUT2D eigenvalue weighted by atomic mass is 9.90. The first-order valence-electron chi connectivity index (χ1n) is 14.5. The molecule has 228 valence electrons. The smallest absolute Gasteiger partial charge is 0.107 e. The average molecular weight is 676 g/mol. The molecule has 42 heavy (non-hydrogen) atoms. The van der Waals surface area contributed by atoms with E-state index in [0.29, 0.717) is 38.8 Å². The molecule has 0 bridgehead atoms. The van der Waals surface area contributed by atoms with Gasteiger partial charge in [0.2, 0.25) is 0 Å². The van der Waals surface area contributed by atoms with Crippen LogP contribution in [0.4, 0.5) is 0 Å². The third kappa shape index (κ3) is 10.9. The summed E-state index contributed by atoms with van der Waals surface area (Å²) in [6.45, 7) is 4.17. The zero-order chi connectivity index (χ0) is 29.7. The molecule has 3 aromatic rings. The average Bonchev–Trinajstić information content (AvgIpc) is 2.99. The number of hydrogen-bond acceptors (Lipinski definition) is 6. The molecule has 3 aromatic carbocycles. The SMILES string of the molecule is CSC(C[C@H]1O[C@@H](COCc2ccccc2)[C@H](OCc2ccccc2)C[C@H](C)C[C@@H]1OCc1ccc(Br)cc1)S(C)=O. The molecule has 1 saturated heterocycles. The van der Waals surface area contributed by atoms with E-state index in [2.05, 4.69) is 59.3 Å². The summed E-state index contributed by atoms with van der Waals surface area (Å²) in [5, 5.41) is 0. The molecule has 1 heterocycles. The Labute approximate surface area is 266 Å². The summed E-state index contributed by atoms with van der Waals surface area (Å²) in [6, 6.07) is 28.7. The third-order valence-corrected chi connectivity index (χ3v) is 11.2. The fourth-order valence-electron chi connectivity index (χ4n) is 5.28. The number of thioether (sulfide) groups is 1. The van der Waals surface area contributed by atoms with Crippen molar-refractivity contribution in [3.63, 3.8) is 0 Å². The molecule has 2 unspecified atom stereocenters. The Morgan fingerprint density at radius 3 is 1.90 bits per heavy atom. The molecule has 0 amide bonds. The Bertz CT molecular complexity index is 1200. The first-order valence-corrected chi connectivity index (χ1v) is 18.2. The molecule has 0 spiro atoms. The maximum atomic E-state index is 12.7. The van der Waals surface area contributed by atoms with Gasteiger partial charge in [-0.1, -0.05) is 95.7 Å². The summed E-state index contributed by atoms with van der Waals surface area (Å²) in [5.74, 6) is 0.337. The van der Waals surface area contributed by atoms with Crippen LogP contribution >= 0.6 is 27.7 Å². The zero-order valence-electron chi connectivity index (χ0n) is 24.7. The van der Waals surface area contributed by atoms with Gasteiger partial charge < -0.3 is 18.9 Å². The van der Waals surface area contributed by atoms with Gasteiger partial charge in [-0.15, -0.1) is 11.8 Å². The highest BCUT2D eigenvalue weighted by atomic mass is 79.9. The van der Waals surface area contributed by atoms with Gasteiger partial charge in [-0.05, 0) is 60.3 Å². The van der Waals surface area contributed by atoms with Gasteiger partial charge in [0.15, 0.2) is 0 Å². The number of halogens is 1. The Morgan fingerprint density at radius 1 is 0.833 bits per heavy atom. The van der Waals surface area contributed by atoms with Gasteiger partial charge in [0.25, 0.3) is 0 Å². The molecule has 0 radical (unpaired) electrons. The lowest BCUT2D eigenvalue weighted by Gasteiger charge is -2.40. The summed E-state index contributed by atoms with van der Waals surface area (Å²) >= 11 is 5.14. The molecule has 8 heteroatoms. The molecular formula is C34H43BrO5S2. The van der Waals surface area contributed by atoms with Gasteiger partial charge in [-0.3, -0.25) is 4.21 Å². The summed E-state index contributed by atoms with van der Waals surface area (Å²) < 4.78 is 40.0. The molecule has 0 N–H and O–H groups in total. The van der Waals surface area contributed by atoms with Crippen molar-refractivity contribution in [2.75, 3.05) is 19.1 Å². The van der Waals surface area contributed by atoms with Gasteiger partial charge in [-0.2, -0.15) is 0 Å². The van der Waals surface area contributed by atoms with Crippen molar-refractivity contribution in [3.8, 4) is 0 Å². The summed E-state index contributed by atoms with van der Waals surface area (Å²) in [7, 11) is -1.00. The van der Waals surface area contributed by atoms with E-state index < -0.39 is 10.8 Å². The largest absolute Gasteiger partial charge is 0.374 e. The molecule has 1 aliphatic heterocycles. The lowest BCUT2D eigenvalue weighted by Crippen LogP contribution is -2.47. The zero-order valence-corrected chi connectivity index (χ0v) is 28.0. The van der Waals surface area contributed by atoms with Crippen LogP contribution in [-0.4, -0.2) is 52.3 Å². The Balaban J connectivity index is 1.55. The molecule has 7 atom stereocenters. The Hall–Kier alpha value is -1.52. The first-order chi connectivity index (χ1) is 20.4. The standard InChI is InChI=1S/C34H43BrO5S2/c1-25-18-30(38-23-28-14-16-29(35)17-15-28)32(20-34(41-2)42(3)36)40-33(24-37-21-26-10-6-4-7-11-26)31(19-25)39-22-27-12-8-5-9-13-27/h4-17,25,30-34H,18-24H2,1-3H3/t25-,30+,31-,32-,33+,34?,42?/m1/s1. The van der Waals surface area contributed by atoms with E-state index in [9.17, 15) is 4.21 Å². The highest BCUT2D eigenvalue weighted by Gasteiger charge is 2.38. The second kappa shape index (κ2) is 17.7. The summed E-state index contributed by atoms with van der Waals surface area (Å²) in [5.41, 5.74) is 3.36. The highest BCUT2D eigenvalue weighted by molar-refractivity contribution is 9.10. The Kier molecular flexibility index (Phi) is 14.1. The van der Waals surface area contributed by atoms with Crippen molar-refractivity contribution in [1.82, 2.24) is 0 Å². The van der Waals surface area contributed by atoms with Crippen molar-refractivity contribution in [3.05, 3.63) is 106 Å². The molecule has 1 aliphatic rings. The van der Waals surface area contributed by atoms with E-state index in [4.69, 9.17) is 18.9 Å². The van der Waals surface area contributed by atoms with Crippen molar-refractivity contribution >= 4 is 38.5 Å². The van der Waals surface area contributed by atoms with E-state index >= 15 is 0 Å². The van der Waals surface area contributed by atoms with Crippen molar-refractivity contribution in [1.29, 1.82) is 0 Å². The van der Waals surface area contributed by atoms with Crippen LogP contribution in [0.2, 0.25) is 0 Å². The fraction of sp³-hybridized carbons (Fsp3) is 0.471. The van der Waals surface area contributed by atoms with Gasteiger partial charge in [-0.25, -0.2) is 0 Å². The Morgan fingerprint density at radius 2 is 1.36 bits per heavy atom. The number of ether oxygens (including phenoxy) is 4. The predicted octanol–water partition coefficient (Wildman–Crippen LogP) is 7.78. The fourth-order valence-corrected chi connectivity index (χ4v) is 7.47. The monoisotopic (exact) mass is 674 g/mol. The van der Waals surface area contributed by atoms with Crippen LogP contribution in [0.5, 0.6) is 0 Å². The van der Waals surface area contributed by atoms with Gasteiger partial charge in [0.05, 0.1) is 49.3 Å². The van der Waals surface area contributed by atoms with Crippen molar-refractivity contribution in [2.24, 2.45) is 5.92 Å². The van der Waals surface area contributed by atoms with Crippen LogP contribution in [0.3, 0.4) is 0 Å². The third-order valence-electron chi connectivity index (χ3n) is 7.58. The van der Waals surface area contributed by atoms with E-state index in [1.54, 1.807) is 18.0 Å². The van der Waals surface area contributed by atoms with Gasteiger partial charge >= 0.3 is 0 Å². The molecule has 1 fully saturated rings. The van der Waals surface area contributed by atoms with E-state index in [1.165, 1.54) is 0 Å². The van der Waals surface area contributed by atoms with Crippen LogP contribution in [0.1, 0.15) is 42.9 Å². The van der Waals surface area contributed by atoms with E-state index in [0.717, 1.165) is 34.0 Å². The van der Waals surface area contributed by atoms with Crippen LogP contribution < -0.4 is 0 Å². The molecule has 4 rings (SSSR count). The van der Waals surface area contributed by atoms with E-state index in [-0.39, 0.29) is 29.0 Å². The lowest BCUT2D eigenvalue weighted by molar-refractivity contribution is -0.186. The van der Waals surface area contributed by atoms with Crippen LogP contribution in [0, 0.1) is 5.92 Å². The molecule has 0 saturated carbocycles. The summed E-state index contributed by atoms with van der Waals surface area (Å²) in [4.78, 5) is 0. The first kappa shape index (κ1) is 33.4. The topological polar surface area (TPSA) is 54.0 Å². The maximum absolute atomic E-state index is 12.7. The van der Waals surface area contributed by atoms with Crippen LogP contribution in [0.15, 0.2) is 89.4 Å². The highest BCUT2D eigenvalue weighted by Crippen LogP contribution is 2.32. The predicted molar refractivity (Wildman–Crippen MR) is 177 cm³/mol. The minimum Gasteiger partial charge on any atom is -0.374 e. The van der Waals surface area contributed by atoms with Gasteiger partial charge in [0.1, 0.15) is 6.10 Å². The molecule has 0 aliphatic carbocycles. The van der Waals surface area contributed by atoms with Crippen molar-refractivity contribution in [2.45, 2.75) is 75.0 Å². The minimum atomic E-state index is -1.00. The second-order valence-corrected chi connectivity index (χ2v) is 14.8. The van der Waals surface area contributed by atoms with Crippen LogP contribution in [-0.2, 0) is 49.6 Å². The molecule has 5 nitrogen and oxygen atoms in total. The normalized spacial score (nSPS) is 24.4. The maximum Gasteiger partial charge on any atom is 0.107 e. The van der Waals surface area contributed by atoms with E-state index in [1.807, 2.05) is 54.8 Å². The number of benzene rings is 3. The second-order valence-electron chi connectivity index (χ2n) is 11.0. The minimum absolute atomic E-state index is 0.0573. The van der Waals surface area contributed by atoms with Crippen molar-refractivity contribution < 1.29 is 23.2 Å². The summed E-state index contributed by atoms with van der Waals surface area (Å²) in [6.07, 6.45) is 5.25.